The van der Waals surface area contributed by atoms with Crippen molar-refractivity contribution in [3.8, 4) is 17.1 Å². The molecule has 2 fully saturated rings. The summed E-state index contributed by atoms with van der Waals surface area (Å²) in [6.45, 7) is 1.46. The summed E-state index contributed by atoms with van der Waals surface area (Å²) in [5.74, 6) is 2.40. The summed E-state index contributed by atoms with van der Waals surface area (Å²) in [4.78, 5) is 27.3. The van der Waals surface area contributed by atoms with Gasteiger partial charge in [0.1, 0.15) is 11.4 Å². The molecule has 0 saturated heterocycles. The zero-order valence-corrected chi connectivity index (χ0v) is 17.4. The van der Waals surface area contributed by atoms with E-state index in [0.29, 0.717) is 17.7 Å². The van der Waals surface area contributed by atoms with Gasteiger partial charge in [0.2, 0.25) is 5.91 Å². The van der Waals surface area contributed by atoms with E-state index >= 15 is 0 Å². The van der Waals surface area contributed by atoms with Crippen LogP contribution >= 0.6 is 0 Å². The number of nitrogens with zero attached hydrogens (tertiary/aromatic N) is 2. The van der Waals surface area contributed by atoms with Crippen molar-refractivity contribution in [3.63, 3.8) is 0 Å². The van der Waals surface area contributed by atoms with Crippen LogP contribution in [0.3, 0.4) is 0 Å². The number of carbonyl (C=O) groups excluding carboxylic acids is 1. The molecule has 7 heteroatoms. The van der Waals surface area contributed by atoms with Crippen LogP contribution in [0.1, 0.15) is 57.1 Å². The lowest BCUT2D eigenvalue weighted by molar-refractivity contribution is -0.121. The van der Waals surface area contributed by atoms with Crippen molar-refractivity contribution in [3.05, 3.63) is 40.3 Å². The standard InChI is InChI=1S/C23H30N4O3/c28-21(24-14-16-5-2-1-3-6-16)12-11-20-23(29)25-22(27-26-20)18-7-4-8-19(13-18)30-15-17-9-10-17/h4,7-8,13,16-17H,1-3,5-6,9-12,14-15H2,(H,24,28)(H,25,27,29). The molecule has 1 aromatic carbocycles. The van der Waals surface area contributed by atoms with Crippen molar-refractivity contribution in [1.82, 2.24) is 20.5 Å². The number of hydrogen-bond acceptors (Lipinski definition) is 5. The molecular weight excluding hydrogens is 380 g/mol. The van der Waals surface area contributed by atoms with Gasteiger partial charge in [-0.2, -0.15) is 0 Å². The number of hydrogen-bond donors (Lipinski definition) is 2. The second-order valence-corrected chi connectivity index (χ2v) is 8.54. The third kappa shape index (κ3) is 5.90. The van der Waals surface area contributed by atoms with Crippen molar-refractivity contribution in [2.75, 3.05) is 13.2 Å². The molecule has 0 atom stereocenters. The summed E-state index contributed by atoms with van der Waals surface area (Å²) in [5.41, 5.74) is 0.738. The Hall–Kier alpha value is -2.70. The number of H-pyrrole nitrogens is 1. The van der Waals surface area contributed by atoms with Crippen LogP contribution in [0, 0.1) is 11.8 Å². The van der Waals surface area contributed by atoms with Gasteiger partial charge in [-0.3, -0.25) is 9.59 Å². The maximum atomic E-state index is 12.4. The van der Waals surface area contributed by atoms with Gasteiger partial charge in [0.15, 0.2) is 5.82 Å². The molecule has 0 bridgehead atoms. The number of nitrogens with one attached hydrogen (secondary N) is 2. The molecule has 2 aliphatic carbocycles. The summed E-state index contributed by atoms with van der Waals surface area (Å²) in [5, 5.41) is 11.2. The van der Waals surface area contributed by atoms with Crippen molar-refractivity contribution < 1.29 is 9.53 Å². The Morgan fingerprint density at radius 1 is 1.10 bits per heavy atom. The molecule has 1 aromatic heterocycles. The largest absolute Gasteiger partial charge is 0.493 e. The number of carbonyl (C=O) groups is 1. The molecule has 0 unspecified atom stereocenters. The monoisotopic (exact) mass is 410 g/mol. The molecular formula is C23H30N4O3. The predicted molar refractivity (Wildman–Crippen MR) is 114 cm³/mol. The molecule has 2 aromatic rings. The van der Waals surface area contributed by atoms with Gasteiger partial charge < -0.3 is 15.0 Å². The van der Waals surface area contributed by atoms with E-state index < -0.39 is 0 Å². The Kier molecular flexibility index (Phi) is 6.77. The quantitative estimate of drug-likeness (QED) is 0.661. The zero-order valence-electron chi connectivity index (χ0n) is 17.4. The molecule has 2 saturated carbocycles. The first-order valence-electron chi connectivity index (χ1n) is 11.1. The van der Waals surface area contributed by atoms with Crippen LogP contribution in [-0.4, -0.2) is 34.2 Å². The molecule has 2 aliphatic rings. The highest BCUT2D eigenvalue weighted by atomic mass is 16.5. The number of benzene rings is 1. The van der Waals surface area contributed by atoms with E-state index in [9.17, 15) is 9.59 Å². The zero-order chi connectivity index (χ0) is 20.8. The lowest BCUT2D eigenvalue weighted by Gasteiger charge is -2.21. The van der Waals surface area contributed by atoms with E-state index in [1.165, 1.54) is 44.9 Å². The van der Waals surface area contributed by atoms with Crippen molar-refractivity contribution >= 4 is 5.91 Å². The van der Waals surface area contributed by atoms with Crippen molar-refractivity contribution in [2.24, 2.45) is 11.8 Å². The van der Waals surface area contributed by atoms with E-state index in [1.54, 1.807) is 0 Å². The maximum Gasteiger partial charge on any atom is 0.273 e. The van der Waals surface area contributed by atoms with E-state index in [0.717, 1.165) is 24.5 Å². The second-order valence-electron chi connectivity index (χ2n) is 8.54. The molecule has 4 rings (SSSR count). The predicted octanol–water partition coefficient (Wildman–Crippen LogP) is 3.25. The van der Waals surface area contributed by atoms with Crippen molar-refractivity contribution in [1.29, 1.82) is 0 Å². The van der Waals surface area contributed by atoms with Crippen LogP contribution in [0.15, 0.2) is 29.1 Å². The third-order valence-corrected chi connectivity index (χ3v) is 5.96. The number of aromatic nitrogens is 3. The van der Waals surface area contributed by atoms with Crippen LogP contribution in [0.25, 0.3) is 11.4 Å². The minimum Gasteiger partial charge on any atom is -0.493 e. The normalized spacial score (nSPS) is 16.9. The van der Waals surface area contributed by atoms with E-state index in [1.807, 2.05) is 24.3 Å². The average molecular weight is 411 g/mol. The smallest absolute Gasteiger partial charge is 0.273 e. The SMILES string of the molecule is O=C(CCc1nnc(-c2cccc(OCC3CC3)c2)[nH]c1=O)NCC1CCCCC1. The highest BCUT2D eigenvalue weighted by Gasteiger charge is 2.22. The number of amides is 1. The second kappa shape index (κ2) is 9.87. The average Bonchev–Trinajstić information content (AvgIpc) is 3.61. The molecule has 160 valence electrons. The summed E-state index contributed by atoms with van der Waals surface area (Å²) in [6, 6.07) is 7.50. The van der Waals surface area contributed by atoms with Crippen LogP contribution in [0.2, 0.25) is 0 Å². The number of aromatic amines is 1. The molecule has 0 spiro atoms. The van der Waals surface area contributed by atoms with Gasteiger partial charge >= 0.3 is 0 Å². The Balaban J connectivity index is 1.30. The minimum absolute atomic E-state index is 0.0358. The molecule has 0 aliphatic heterocycles. The fourth-order valence-corrected chi connectivity index (χ4v) is 3.86. The van der Waals surface area contributed by atoms with Crippen LogP contribution < -0.4 is 15.6 Å². The van der Waals surface area contributed by atoms with E-state index in [2.05, 4.69) is 20.5 Å². The topological polar surface area (TPSA) is 97.0 Å². The third-order valence-electron chi connectivity index (χ3n) is 5.96. The van der Waals surface area contributed by atoms with E-state index in [4.69, 9.17) is 4.74 Å². The summed E-state index contributed by atoms with van der Waals surface area (Å²) in [7, 11) is 0. The van der Waals surface area contributed by atoms with Gasteiger partial charge in [-0.15, -0.1) is 10.2 Å². The lowest BCUT2D eigenvalue weighted by Crippen LogP contribution is -2.31. The summed E-state index contributed by atoms with van der Waals surface area (Å²) in [6.07, 6.45) is 9.20. The Bertz CT molecular complexity index is 917. The highest BCUT2D eigenvalue weighted by molar-refractivity contribution is 5.76. The van der Waals surface area contributed by atoms with Crippen LogP contribution in [-0.2, 0) is 11.2 Å². The number of aryl methyl sites for hydroxylation is 1. The van der Waals surface area contributed by atoms with E-state index in [-0.39, 0.29) is 30.0 Å². The fraction of sp³-hybridized carbons (Fsp3) is 0.565. The number of ether oxygens (including phenoxy) is 1. The van der Waals surface area contributed by atoms with Crippen molar-refractivity contribution in [2.45, 2.75) is 57.8 Å². The maximum absolute atomic E-state index is 12.4. The Morgan fingerprint density at radius 3 is 2.70 bits per heavy atom. The van der Waals surface area contributed by atoms with Crippen LogP contribution in [0.5, 0.6) is 5.75 Å². The summed E-state index contributed by atoms with van der Waals surface area (Å²) < 4.78 is 5.79. The van der Waals surface area contributed by atoms with Gasteiger partial charge in [-0.1, -0.05) is 31.4 Å². The molecule has 7 nitrogen and oxygen atoms in total. The van der Waals surface area contributed by atoms with Gasteiger partial charge in [0, 0.05) is 24.9 Å². The number of rotatable bonds is 9. The lowest BCUT2D eigenvalue weighted by atomic mass is 9.89. The highest BCUT2D eigenvalue weighted by Crippen LogP contribution is 2.30. The fourth-order valence-electron chi connectivity index (χ4n) is 3.86. The van der Waals surface area contributed by atoms with Crippen LogP contribution in [0.4, 0.5) is 0 Å². The Labute approximate surface area is 176 Å². The molecule has 2 N–H and O–H groups in total. The van der Waals surface area contributed by atoms with Gasteiger partial charge in [-0.05, 0) is 49.7 Å². The molecule has 0 radical (unpaired) electrons. The first kappa shape index (κ1) is 20.6. The van der Waals surface area contributed by atoms with Gasteiger partial charge in [-0.25, -0.2) is 0 Å². The first-order valence-corrected chi connectivity index (χ1v) is 11.1. The summed E-state index contributed by atoms with van der Waals surface area (Å²) >= 11 is 0. The first-order chi connectivity index (χ1) is 14.7. The Morgan fingerprint density at radius 2 is 1.93 bits per heavy atom. The molecule has 1 heterocycles. The molecule has 30 heavy (non-hydrogen) atoms. The van der Waals surface area contributed by atoms with Gasteiger partial charge in [0.25, 0.3) is 5.56 Å². The molecule has 1 amide bonds. The van der Waals surface area contributed by atoms with Gasteiger partial charge in [0.05, 0.1) is 6.61 Å². The minimum atomic E-state index is -0.301.